The Morgan fingerprint density at radius 1 is 1.09 bits per heavy atom. The van der Waals surface area contributed by atoms with Gasteiger partial charge < -0.3 is 10.2 Å². The van der Waals surface area contributed by atoms with Gasteiger partial charge in [0, 0.05) is 38.3 Å². The highest BCUT2D eigenvalue weighted by atomic mass is 35.5. The van der Waals surface area contributed by atoms with Gasteiger partial charge in [-0.05, 0) is 62.4 Å². The summed E-state index contributed by atoms with van der Waals surface area (Å²) in [5.74, 6) is -0.982. The summed E-state index contributed by atoms with van der Waals surface area (Å²) in [5, 5.41) is 2.83. The summed E-state index contributed by atoms with van der Waals surface area (Å²) in [6, 6.07) is 7.43. The van der Waals surface area contributed by atoms with Crippen molar-refractivity contribution in [2.24, 2.45) is 5.92 Å². The first-order chi connectivity index (χ1) is 15.4. The van der Waals surface area contributed by atoms with E-state index in [1.165, 1.54) is 41.2 Å². The van der Waals surface area contributed by atoms with Crippen LogP contribution in [0.5, 0.6) is 0 Å². The lowest BCUT2D eigenvalue weighted by Gasteiger charge is -2.32. The van der Waals surface area contributed by atoms with Crippen molar-refractivity contribution in [1.29, 1.82) is 0 Å². The van der Waals surface area contributed by atoms with Crippen LogP contribution in [-0.2, 0) is 14.8 Å². The molecule has 0 radical (unpaired) electrons. The first-order valence-corrected chi connectivity index (χ1v) is 12.6. The fourth-order valence-corrected chi connectivity index (χ4v) is 6.21. The highest BCUT2D eigenvalue weighted by Crippen LogP contribution is 2.31. The summed E-state index contributed by atoms with van der Waals surface area (Å²) in [6.45, 7) is 2.16. The standard InChI is InChI=1S/C22H26ClFN4O3S/c23-21-20(5-4-10-25-21)32(30,31)28-13-8-16(9-14-28)22(29)26-18-15-17(24)6-7-19(18)27-11-2-1-3-12-27/h4-7,10,15-16H,1-3,8-9,11-14H2,(H,26,29). The van der Waals surface area contributed by atoms with Crippen molar-refractivity contribution in [3.8, 4) is 0 Å². The minimum Gasteiger partial charge on any atom is -0.370 e. The van der Waals surface area contributed by atoms with Crippen LogP contribution in [0.1, 0.15) is 32.1 Å². The lowest BCUT2D eigenvalue weighted by Crippen LogP contribution is -2.41. The first kappa shape index (κ1) is 22.9. The van der Waals surface area contributed by atoms with Crippen LogP contribution in [0.3, 0.4) is 0 Å². The Morgan fingerprint density at radius 2 is 1.81 bits per heavy atom. The molecule has 1 aromatic carbocycles. The maximum atomic E-state index is 13.9. The van der Waals surface area contributed by atoms with Crippen LogP contribution in [0.15, 0.2) is 41.4 Å². The van der Waals surface area contributed by atoms with Gasteiger partial charge in [-0.15, -0.1) is 0 Å². The van der Waals surface area contributed by atoms with Gasteiger partial charge in [0.05, 0.1) is 11.4 Å². The number of carbonyl (C=O) groups excluding carboxylic acids is 1. The SMILES string of the molecule is O=C(Nc1cc(F)ccc1N1CCCCC1)C1CCN(S(=O)(=O)c2cccnc2Cl)CC1. The van der Waals surface area contributed by atoms with Crippen LogP contribution in [0.4, 0.5) is 15.8 Å². The number of hydrogen-bond donors (Lipinski definition) is 1. The van der Waals surface area contributed by atoms with Crippen molar-refractivity contribution in [3.63, 3.8) is 0 Å². The van der Waals surface area contributed by atoms with Gasteiger partial charge in [0.15, 0.2) is 0 Å². The molecule has 32 heavy (non-hydrogen) atoms. The summed E-state index contributed by atoms with van der Waals surface area (Å²) in [7, 11) is -3.78. The molecule has 172 valence electrons. The topological polar surface area (TPSA) is 82.6 Å². The number of halogens is 2. The normalized spacial score (nSPS) is 18.5. The van der Waals surface area contributed by atoms with E-state index in [2.05, 4.69) is 15.2 Å². The molecule has 7 nitrogen and oxygen atoms in total. The average Bonchev–Trinajstić information content (AvgIpc) is 2.80. The first-order valence-electron chi connectivity index (χ1n) is 10.8. The van der Waals surface area contributed by atoms with Gasteiger partial charge >= 0.3 is 0 Å². The lowest BCUT2D eigenvalue weighted by molar-refractivity contribution is -0.120. The zero-order valence-corrected chi connectivity index (χ0v) is 19.2. The molecule has 0 saturated carbocycles. The molecule has 10 heteroatoms. The predicted octanol–water partition coefficient (Wildman–Crippen LogP) is 3.90. The lowest BCUT2D eigenvalue weighted by atomic mass is 9.97. The summed E-state index contributed by atoms with van der Waals surface area (Å²) >= 11 is 5.97. The third-order valence-corrected chi connectivity index (χ3v) is 8.42. The van der Waals surface area contributed by atoms with Crippen molar-refractivity contribution in [3.05, 3.63) is 47.5 Å². The molecule has 0 atom stereocenters. The minimum absolute atomic E-state index is 0.0319. The van der Waals surface area contributed by atoms with Crippen molar-refractivity contribution < 1.29 is 17.6 Å². The largest absolute Gasteiger partial charge is 0.370 e. The van der Waals surface area contributed by atoms with Gasteiger partial charge in [-0.25, -0.2) is 17.8 Å². The van der Waals surface area contributed by atoms with Gasteiger partial charge in [-0.3, -0.25) is 4.79 Å². The van der Waals surface area contributed by atoms with Gasteiger partial charge in [0.2, 0.25) is 15.9 Å². The Hall–Kier alpha value is -2.23. The molecule has 1 amide bonds. The Morgan fingerprint density at radius 3 is 2.50 bits per heavy atom. The molecule has 0 bridgehead atoms. The fourth-order valence-electron chi connectivity index (χ4n) is 4.31. The van der Waals surface area contributed by atoms with Gasteiger partial charge in [0.25, 0.3) is 0 Å². The van der Waals surface area contributed by atoms with E-state index in [1.54, 1.807) is 6.07 Å². The van der Waals surface area contributed by atoms with Crippen molar-refractivity contribution >= 4 is 38.9 Å². The summed E-state index contributed by atoms with van der Waals surface area (Å²) in [4.78, 5) is 18.9. The number of rotatable bonds is 5. The molecule has 2 aliphatic heterocycles. The highest BCUT2D eigenvalue weighted by molar-refractivity contribution is 7.89. The summed E-state index contributed by atoms with van der Waals surface area (Å²) in [5.41, 5.74) is 1.29. The quantitative estimate of drug-likeness (QED) is 0.656. The minimum atomic E-state index is -3.78. The van der Waals surface area contributed by atoms with Crippen LogP contribution < -0.4 is 10.2 Å². The van der Waals surface area contributed by atoms with Crippen LogP contribution in [0.25, 0.3) is 0 Å². The van der Waals surface area contributed by atoms with Crippen molar-refractivity contribution in [2.45, 2.75) is 37.0 Å². The number of sulfonamides is 1. The molecule has 2 fully saturated rings. The van der Waals surface area contributed by atoms with Crippen LogP contribution in [-0.4, -0.2) is 49.8 Å². The number of anilines is 2. The molecule has 0 unspecified atom stereocenters. The Bertz CT molecular complexity index is 1080. The maximum Gasteiger partial charge on any atom is 0.246 e. The number of nitrogens with zero attached hydrogens (tertiary/aromatic N) is 3. The third-order valence-electron chi connectivity index (χ3n) is 6.08. The monoisotopic (exact) mass is 480 g/mol. The van der Waals surface area contributed by atoms with E-state index in [0.717, 1.165) is 31.6 Å². The van der Waals surface area contributed by atoms with E-state index in [1.807, 2.05) is 0 Å². The molecular formula is C22H26ClFN4O3S. The number of carbonyl (C=O) groups is 1. The van der Waals surface area contributed by atoms with Gasteiger partial charge in [-0.2, -0.15) is 4.31 Å². The molecule has 0 aliphatic carbocycles. The number of benzene rings is 1. The Kier molecular flexibility index (Phi) is 6.97. The van der Waals surface area contributed by atoms with E-state index in [-0.39, 0.29) is 35.0 Å². The van der Waals surface area contributed by atoms with E-state index in [9.17, 15) is 17.6 Å². The number of nitrogens with one attached hydrogen (secondary N) is 1. The smallest absolute Gasteiger partial charge is 0.246 e. The second kappa shape index (κ2) is 9.72. The Balaban J connectivity index is 1.42. The molecule has 3 heterocycles. The highest BCUT2D eigenvalue weighted by Gasteiger charge is 2.33. The molecule has 0 spiro atoms. The molecule has 1 N–H and O–H groups in total. The van der Waals surface area contributed by atoms with Crippen molar-refractivity contribution in [1.82, 2.24) is 9.29 Å². The zero-order chi connectivity index (χ0) is 22.7. The fraction of sp³-hybridized carbons (Fsp3) is 0.455. The molecule has 2 aliphatic rings. The van der Waals surface area contributed by atoms with E-state index in [4.69, 9.17) is 11.6 Å². The average molecular weight is 481 g/mol. The van der Waals surface area contributed by atoms with Crippen LogP contribution in [0.2, 0.25) is 5.15 Å². The second-order valence-corrected chi connectivity index (χ2v) is 10.4. The third kappa shape index (κ3) is 4.89. The zero-order valence-electron chi connectivity index (χ0n) is 17.6. The van der Waals surface area contributed by atoms with E-state index in [0.29, 0.717) is 18.5 Å². The van der Waals surface area contributed by atoms with Crippen LogP contribution >= 0.6 is 11.6 Å². The predicted molar refractivity (Wildman–Crippen MR) is 122 cm³/mol. The Labute approximate surface area is 192 Å². The summed E-state index contributed by atoms with van der Waals surface area (Å²) in [6.07, 6.45) is 5.49. The molecule has 4 rings (SSSR count). The number of pyridine rings is 1. The summed E-state index contributed by atoms with van der Waals surface area (Å²) < 4.78 is 41.0. The molecule has 2 aromatic rings. The molecule has 1 aromatic heterocycles. The van der Waals surface area contributed by atoms with Gasteiger partial charge in [0.1, 0.15) is 15.9 Å². The molecular weight excluding hydrogens is 455 g/mol. The number of hydrogen-bond acceptors (Lipinski definition) is 5. The number of amides is 1. The van der Waals surface area contributed by atoms with Crippen molar-refractivity contribution in [2.75, 3.05) is 36.4 Å². The second-order valence-electron chi connectivity index (χ2n) is 8.17. The number of piperidine rings is 2. The van der Waals surface area contributed by atoms with E-state index < -0.39 is 15.8 Å². The van der Waals surface area contributed by atoms with E-state index >= 15 is 0 Å². The number of aromatic nitrogens is 1. The maximum absolute atomic E-state index is 13.9. The molecule has 2 saturated heterocycles. The van der Waals surface area contributed by atoms with Gasteiger partial charge in [-0.1, -0.05) is 11.6 Å². The van der Waals surface area contributed by atoms with Crippen LogP contribution in [0, 0.1) is 11.7 Å².